The number of aryl methyl sites for hydroxylation is 1. The van der Waals surface area contributed by atoms with Gasteiger partial charge in [0, 0.05) is 24.9 Å². The van der Waals surface area contributed by atoms with E-state index in [1.54, 1.807) is 18.2 Å². The number of ether oxygens (including phenoxy) is 1. The molecule has 4 rings (SSSR count). The van der Waals surface area contributed by atoms with Gasteiger partial charge < -0.3 is 14.1 Å². The van der Waals surface area contributed by atoms with Crippen LogP contribution < -0.4 is 4.90 Å². The Kier molecular flexibility index (Phi) is 7.74. The van der Waals surface area contributed by atoms with Gasteiger partial charge in [0.1, 0.15) is 5.82 Å². The van der Waals surface area contributed by atoms with Crippen LogP contribution >= 0.6 is 0 Å². The summed E-state index contributed by atoms with van der Waals surface area (Å²) in [5.41, 5.74) is 4.08. The maximum atomic E-state index is 13.8. The highest BCUT2D eigenvalue weighted by molar-refractivity contribution is 5.75. The second-order valence-corrected chi connectivity index (χ2v) is 6.84. The Labute approximate surface area is 177 Å². The van der Waals surface area contributed by atoms with Crippen molar-refractivity contribution in [1.29, 1.82) is 0 Å². The third kappa shape index (κ3) is 5.76. The lowest BCUT2D eigenvalue weighted by molar-refractivity contribution is 0.122. The fourth-order valence-electron chi connectivity index (χ4n) is 3.30. The van der Waals surface area contributed by atoms with Crippen LogP contribution in [0.3, 0.4) is 0 Å². The van der Waals surface area contributed by atoms with Crippen molar-refractivity contribution in [2.24, 2.45) is 0 Å². The molecule has 2 heterocycles. The molecule has 1 fully saturated rings. The summed E-state index contributed by atoms with van der Waals surface area (Å²) in [4.78, 5) is 2.13. The predicted octanol–water partition coefficient (Wildman–Crippen LogP) is 5.14. The van der Waals surface area contributed by atoms with Crippen LogP contribution in [0.5, 0.6) is 0 Å². The topological polar surface area (TPSA) is 51.4 Å². The second-order valence-electron chi connectivity index (χ2n) is 6.84. The molecule has 1 aromatic heterocycles. The number of anilines is 1. The lowest BCUT2D eigenvalue weighted by Gasteiger charge is -2.30. The lowest BCUT2D eigenvalue weighted by Crippen LogP contribution is -2.36. The van der Waals surface area contributed by atoms with Crippen molar-refractivity contribution < 1.29 is 13.5 Å². The van der Waals surface area contributed by atoms with Gasteiger partial charge in [0.15, 0.2) is 0 Å². The maximum absolute atomic E-state index is 13.8. The van der Waals surface area contributed by atoms with E-state index in [4.69, 9.17) is 9.15 Å². The number of hydrogen-bond donors (Lipinski definition) is 0. The third-order valence-corrected chi connectivity index (χ3v) is 4.67. The zero-order valence-corrected chi connectivity index (χ0v) is 17.8. The molecule has 1 saturated heterocycles. The van der Waals surface area contributed by atoms with Crippen molar-refractivity contribution in [3.8, 4) is 0 Å². The van der Waals surface area contributed by atoms with Crippen molar-refractivity contribution in [3.63, 3.8) is 0 Å². The number of halogens is 1. The number of nitrogens with zero attached hydrogens (tertiary/aromatic N) is 3. The van der Waals surface area contributed by atoms with Crippen LogP contribution in [-0.4, -0.2) is 36.5 Å². The van der Waals surface area contributed by atoms with Gasteiger partial charge in [0.2, 0.25) is 11.8 Å². The zero-order chi connectivity index (χ0) is 21.3. The Morgan fingerprint density at radius 1 is 1.03 bits per heavy atom. The van der Waals surface area contributed by atoms with E-state index in [1.165, 1.54) is 11.6 Å². The van der Waals surface area contributed by atoms with Crippen molar-refractivity contribution in [2.75, 3.05) is 31.2 Å². The van der Waals surface area contributed by atoms with Gasteiger partial charge in [0.05, 0.1) is 19.6 Å². The number of morpholine rings is 1. The molecule has 1 aliphatic rings. The fraction of sp³-hybridized carbons (Fsp3) is 0.333. The van der Waals surface area contributed by atoms with E-state index in [0.29, 0.717) is 31.4 Å². The minimum Gasteiger partial charge on any atom is -0.421 e. The minimum atomic E-state index is -0.253. The standard InChI is InChI=1S/C22H22FN3O2.C2H6/c1-16-3-2-4-17(13-16)14-22-25-24-21(28-22)8-6-18-5-7-19(23)15-20(18)26-9-11-27-12-10-26;1-2/h2-8,13,15H,9-12,14H2,1H3;1-2H3/b8-6+;. The summed E-state index contributed by atoms with van der Waals surface area (Å²) in [6.45, 7) is 8.83. The van der Waals surface area contributed by atoms with Crippen molar-refractivity contribution in [2.45, 2.75) is 27.2 Å². The first kappa shape index (κ1) is 21.7. The SMILES string of the molecule is CC.Cc1cccc(Cc2nnc(/C=C/c3ccc(F)cc3N3CCOCC3)o2)c1. The molecule has 0 atom stereocenters. The molecular formula is C24H28FN3O2. The summed E-state index contributed by atoms with van der Waals surface area (Å²) in [6, 6.07) is 13.0. The third-order valence-electron chi connectivity index (χ3n) is 4.67. The van der Waals surface area contributed by atoms with Gasteiger partial charge in [-0.15, -0.1) is 10.2 Å². The first-order valence-electron chi connectivity index (χ1n) is 10.4. The van der Waals surface area contributed by atoms with Crippen LogP contribution in [0.15, 0.2) is 46.9 Å². The second kappa shape index (κ2) is 10.7. The summed E-state index contributed by atoms with van der Waals surface area (Å²) < 4.78 is 24.9. The minimum absolute atomic E-state index is 0.253. The van der Waals surface area contributed by atoms with Gasteiger partial charge in [-0.1, -0.05) is 43.7 Å². The van der Waals surface area contributed by atoms with Crippen LogP contribution in [0, 0.1) is 12.7 Å². The van der Waals surface area contributed by atoms with Crippen LogP contribution in [0.25, 0.3) is 12.2 Å². The molecule has 0 spiro atoms. The van der Waals surface area contributed by atoms with Gasteiger partial charge in [-0.2, -0.15) is 0 Å². The zero-order valence-electron chi connectivity index (χ0n) is 17.8. The van der Waals surface area contributed by atoms with E-state index in [1.807, 2.05) is 32.1 Å². The van der Waals surface area contributed by atoms with Gasteiger partial charge in [-0.25, -0.2) is 4.39 Å². The molecule has 0 unspecified atom stereocenters. The first-order valence-corrected chi connectivity index (χ1v) is 10.4. The Hall–Kier alpha value is -2.99. The Bertz CT molecular complexity index is 978. The molecule has 6 heteroatoms. The summed E-state index contributed by atoms with van der Waals surface area (Å²) in [7, 11) is 0. The monoisotopic (exact) mass is 409 g/mol. The summed E-state index contributed by atoms with van der Waals surface area (Å²) in [5.74, 6) is 0.745. The van der Waals surface area contributed by atoms with Crippen molar-refractivity contribution in [3.05, 3.63) is 76.8 Å². The van der Waals surface area contributed by atoms with Gasteiger partial charge in [0.25, 0.3) is 0 Å². The summed E-state index contributed by atoms with van der Waals surface area (Å²) in [6.07, 6.45) is 4.25. The van der Waals surface area contributed by atoms with Crippen LogP contribution in [0.2, 0.25) is 0 Å². The molecule has 158 valence electrons. The number of benzene rings is 2. The van der Waals surface area contributed by atoms with Crippen molar-refractivity contribution in [1.82, 2.24) is 10.2 Å². The van der Waals surface area contributed by atoms with Crippen molar-refractivity contribution >= 4 is 17.8 Å². The van der Waals surface area contributed by atoms with Gasteiger partial charge in [-0.3, -0.25) is 0 Å². The molecule has 0 bridgehead atoms. The van der Waals surface area contributed by atoms with Gasteiger partial charge in [-0.05, 0) is 42.3 Å². The summed E-state index contributed by atoms with van der Waals surface area (Å²) >= 11 is 0. The van der Waals surface area contributed by atoms with E-state index in [0.717, 1.165) is 29.9 Å². The maximum Gasteiger partial charge on any atom is 0.240 e. The smallest absolute Gasteiger partial charge is 0.240 e. The van der Waals surface area contributed by atoms with E-state index in [2.05, 4.69) is 34.2 Å². The number of rotatable bonds is 5. The van der Waals surface area contributed by atoms with Crippen LogP contribution in [0.1, 0.15) is 42.3 Å². The molecular weight excluding hydrogens is 381 g/mol. The number of hydrogen-bond acceptors (Lipinski definition) is 5. The molecule has 30 heavy (non-hydrogen) atoms. The van der Waals surface area contributed by atoms with Crippen LogP contribution in [0.4, 0.5) is 10.1 Å². The van der Waals surface area contributed by atoms with Gasteiger partial charge >= 0.3 is 0 Å². The predicted molar refractivity (Wildman–Crippen MR) is 118 cm³/mol. The highest BCUT2D eigenvalue weighted by Crippen LogP contribution is 2.25. The lowest BCUT2D eigenvalue weighted by atomic mass is 10.1. The molecule has 0 saturated carbocycles. The molecule has 0 radical (unpaired) electrons. The van der Waals surface area contributed by atoms with E-state index in [-0.39, 0.29) is 5.82 Å². The Morgan fingerprint density at radius 3 is 2.60 bits per heavy atom. The molecule has 0 aliphatic carbocycles. The molecule has 3 aromatic rings. The fourth-order valence-corrected chi connectivity index (χ4v) is 3.30. The normalized spacial score (nSPS) is 13.9. The first-order chi connectivity index (χ1) is 14.7. The molecule has 0 N–H and O–H groups in total. The highest BCUT2D eigenvalue weighted by atomic mass is 19.1. The van der Waals surface area contributed by atoms with E-state index in [9.17, 15) is 4.39 Å². The van der Waals surface area contributed by atoms with E-state index < -0.39 is 0 Å². The average Bonchev–Trinajstić information content (AvgIpc) is 3.22. The highest BCUT2D eigenvalue weighted by Gasteiger charge is 2.15. The Morgan fingerprint density at radius 2 is 1.83 bits per heavy atom. The van der Waals surface area contributed by atoms with Crippen LogP contribution in [-0.2, 0) is 11.2 Å². The largest absolute Gasteiger partial charge is 0.421 e. The summed E-state index contributed by atoms with van der Waals surface area (Å²) in [5, 5.41) is 8.22. The molecule has 2 aromatic carbocycles. The average molecular weight is 410 g/mol. The van der Waals surface area contributed by atoms with E-state index >= 15 is 0 Å². The number of aromatic nitrogens is 2. The molecule has 5 nitrogen and oxygen atoms in total. The molecule has 1 aliphatic heterocycles. The quantitative estimate of drug-likeness (QED) is 0.584. The molecule has 0 amide bonds. The Balaban J connectivity index is 0.00000124.